The third-order valence-electron chi connectivity index (χ3n) is 2.63. The second-order valence-electron chi connectivity index (χ2n) is 3.94. The summed E-state index contributed by atoms with van der Waals surface area (Å²) < 4.78 is 30.3. The predicted octanol–water partition coefficient (Wildman–Crippen LogP) is 0.773. The maximum absolute atomic E-state index is 12.0. The van der Waals surface area contributed by atoms with Crippen LogP contribution >= 0.6 is 0 Å². The summed E-state index contributed by atoms with van der Waals surface area (Å²) in [6, 6.07) is 6.55. The van der Waals surface area contributed by atoms with Gasteiger partial charge < -0.3 is 10.5 Å². The van der Waals surface area contributed by atoms with Crippen molar-refractivity contribution in [1.29, 1.82) is 5.41 Å². The van der Waals surface area contributed by atoms with Crippen LogP contribution in [0.5, 0.6) is 0 Å². The topological polar surface area (TPSA) is 96.5 Å². The summed E-state index contributed by atoms with van der Waals surface area (Å²) in [5.41, 5.74) is 6.35. The Bertz CT molecular complexity index is 543. The lowest BCUT2D eigenvalue weighted by atomic mass is 10.2. The van der Waals surface area contributed by atoms with Gasteiger partial charge in [0, 0.05) is 19.2 Å². The minimum Gasteiger partial charge on any atom is -0.384 e. The average molecular weight is 285 g/mol. The number of sulfonamides is 1. The molecule has 106 valence electrons. The Balaban J connectivity index is 2.90. The maximum Gasteiger partial charge on any atom is 0.237 e. The SMILES string of the molecule is CCOCCS(=O)(=O)N(C)c1cccc(C(=N)N)c1. The van der Waals surface area contributed by atoms with Crippen molar-refractivity contribution in [2.24, 2.45) is 5.73 Å². The number of ether oxygens (including phenoxy) is 1. The molecule has 0 amide bonds. The molecular formula is C12H19N3O3S. The Kier molecular flexibility index (Phi) is 5.31. The lowest BCUT2D eigenvalue weighted by Crippen LogP contribution is -2.31. The van der Waals surface area contributed by atoms with Crippen LogP contribution in [0.1, 0.15) is 12.5 Å². The minimum absolute atomic E-state index is 0.0817. The van der Waals surface area contributed by atoms with E-state index >= 15 is 0 Å². The molecule has 7 heteroatoms. The van der Waals surface area contributed by atoms with E-state index in [1.54, 1.807) is 24.3 Å². The van der Waals surface area contributed by atoms with Crippen molar-refractivity contribution in [3.05, 3.63) is 29.8 Å². The molecule has 0 aliphatic rings. The van der Waals surface area contributed by atoms with Crippen molar-refractivity contribution in [2.45, 2.75) is 6.92 Å². The van der Waals surface area contributed by atoms with Gasteiger partial charge in [-0.3, -0.25) is 9.71 Å². The molecule has 0 fully saturated rings. The second kappa shape index (κ2) is 6.53. The van der Waals surface area contributed by atoms with Gasteiger partial charge in [0.05, 0.1) is 18.0 Å². The molecule has 0 saturated carbocycles. The van der Waals surface area contributed by atoms with E-state index < -0.39 is 10.0 Å². The van der Waals surface area contributed by atoms with Gasteiger partial charge in [0.1, 0.15) is 5.84 Å². The third kappa shape index (κ3) is 4.22. The smallest absolute Gasteiger partial charge is 0.237 e. The molecule has 0 saturated heterocycles. The van der Waals surface area contributed by atoms with Gasteiger partial charge in [-0.15, -0.1) is 0 Å². The molecule has 6 nitrogen and oxygen atoms in total. The summed E-state index contributed by atoms with van der Waals surface area (Å²) in [6.07, 6.45) is 0. The zero-order chi connectivity index (χ0) is 14.5. The zero-order valence-electron chi connectivity index (χ0n) is 11.1. The van der Waals surface area contributed by atoms with Crippen molar-refractivity contribution in [1.82, 2.24) is 0 Å². The molecule has 0 aromatic heterocycles. The number of nitrogens with zero attached hydrogens (tertiary/aromatic N) is 1. The van der Waals surface area contributed by atoms with Crippen LogP contribution in [0.2, 0.25) is 0 Å². The zero-order valence-corrected chi connectivity index (χ0v) is 11.9. The largest absolute Gasteiger partial charge is 0.384 e. The molecule has 0 unspecified atom stereocenters. The van der Waals surface area contributed by atoms with Crippen LogP contribution in [0.25, 0.3) is 0 Å². The van der Waals surface area contributed by atoms with Gasteiger partial charge in [-0.05, 0) is 19.1 Å². The number of nitrogens with one attached hydrogen (secondary N) is 1. The van der Waals surface area contributed by atoms with E-state index in [9.17, 15) is 8.42 Å². The predicted molar refractivity (Wildman–Crippen MR) is 76.1 cm³/mol. The van der Waals surface area contributed by atoms with E-state index in [1.165, 1.54) is 11.4 Å². The van der Waals surface area contributed by atoms with Gasteiger partial charge in [-0.1, -0.05) is 12.1 Å². The van der Waals surface area contributed by atoms with Crippen molar-refractivity contribution >= 4 is 21.5 Å². The first-order chi connectivity index (χ1) is 8.88. The summed E-state index contributed by atoms with van der Waals surface area (Å²) in [6.45, 7) is 2.46. The molecule has 0 radical (unpaired) electrons. The van der Waals surface area contributed by atoms with E-state index in [-0.39, 0.29) is 18.2 Å². The lowest BCUT2D eigenvalue weighted by molar-refractivity contribution is 0.163. The van der Waals surface area contributed by atoms with E-state index in [1.807, 2.05) is 6.92 Å². The van der Waals surface area contributed by atoms with Crippen molar-refractivity contribution < 1.29 is 13.2 Å². The number of hydrogen-bond donors (Lipinski definition) is 2. The fourth-order valence-electron chi connectivity index (χ4n) is 1.48. The quantitative estimate of drug-likeness (QED) is 0.439. The fourth-order valence-corrected chi connectivity index (χ4v) is 2.51. The minimum atomic E-state index is -3.43. The molecule has 0 aliphatic carbocycles. The highest BCUT2D eigenvalue weighted by Crippen LogP contribution is 2.18. The number of amidine groups is 1. The second-order valence-corrected chi connectivity index (χ2v) is 6.06. The Morgan fingerprint density at radius 1 is 1.47 bits per heavy atom. The molecule has 0 spiro atoms. The summed E-state index contributed by atoms with van der Waals surface area (Å²) in [4.78, 5) is 0. The molecule has 0 heterocycles. The molecule has 0 aliphatic heterocycles. The van der Waals surface area contributed by atoms with Crippen LogP contribution in [0.15, 0.2) is 24.3 Å². The highest BCUT2D eigenvalue weighted by atomic mass is 32.2. The molecule has 1 aromatic carbocycles. The van der Waals surface area contributed by atoms with Crippen molar-refractivity contribution in [2.75, 3.05) is 30.3 Å². The standard InChI is InChI=1S/C12H19N3O3S/c1-3-18-7-8-19(16,17)15(2)11-6-4-5-10(9-11)12(13)14/h4-6,9H,3,7-8H2,1-2H3,(H3,13,14). The molecular weight excluding hydrogens is 266 g/mol. The van der Waals surface area contributed by atoms with Gasteiger partial charge >= 0.3 is 0 Å². The third-order valence-corrected chi connectivity index (χ3v) is 4.36. The van der Waals surface area contributed by atoms with Gasteiger partial charge in [-0.25, -0.2) is 8.42 Å². The molecule has 0 atom stereocenters. The highest BCUT2D eigenvalue weighted by molar-refractivity contribution is 7.92. The lowest BCUT2D eigenvalue weighted by Gasteiger charge is -2.20. The summed E-state index contributed by atoms with van der Waals surface area (Å²) in [5, 5.41) is 7.35. The van der Waals surface area contributed by atoms with Crippen molar-refractivity contribution in [3.8, 4) is 0 Å². The molecule has 1 aromatic rings. The van der Waals surface area contributed by atoms with Gasteiger partial charge in [0.25, 0.3) is 0 Å². The first kappa shape index (κ1) is 15.5. The fraction of sp³-hybridized carbons (Fsp3) is 0.417. The Morgan fingerprint density at radius 3 is 2.74 bits per heavy atom. The van der Waals surface area contributed by atoms with Crippen LogP contribution in [0, 0.1) is 5.41 Å². The van der Waals surface area contributed by atoms with Crippen LogP contribution in [-0.4, -0.2) is 40.3 Å². The number of nitrogen functional groups attached to an aromatic ring is 1. The molecule has 3 N–H and O–H groups in total. The molecule has 19 heavy (non-hydrogen) atoms. The van der Waals surface area contributed by atoms with Gasteiger partial charge in [0.2, 0.25) is 10.0 Å². The Morgan fingerprint density at radius 2 is 2.16 bits per heavy atom. The van der Waals surface area contributed by atoms with Crippen LogP contribution in [0.4, 0.5) is 5.69 Å². The maximum atomic E-state index is 12.0. The summed E-state index contributed by atoms with van der Waals surface area (Å²) in [5.74, 6) is -0.177. The molecule has 0 bridgehead atoms. The van der Waals surface area contributed by atoms with Gasteiger partial charge in [0.15, 0.2) is 0 Å². The first-order valence-corrected chi connectivity index (χ1v) is 7.48. The summed E-state index contributed by atoms with van der Waals surface area (Å²) in [7, 11) is -1.96. The average Bonchev–Trinajstić information content (AvgIpc) is 2.38. The number of anilines is 1. The summed E-state index contributed by atoms with van der Waals surface area (Å²) >= 11 is 0. The first-order valence-electron chi connectivity index (χ1n) is 5.87. The normalized spacial score (nSPS) is 11.3. The van der Waals surface area contributed by atoms with E-state index in [0.29, 0.717) is 17.9 Å². The van der Waals surface area contributed by atoms with E-state index in [4.69, 9.17) is 15.9 Å². The Labute approximate surface area is 113 Å². The number of hydrogen-bond acceptors (Lipinski definition) is 4. The highest BCUT2D eigenvalue weighted by Gasteiger charge is 2.18. The van der Waals surface area contributed by atoms with Crippen molar-refractivity contribution in [3.63, 3.8) is 0 Å². The van der Waals surface area contributed by atoms with Crippen LogP contribution in [0.3, 0.4) is 0 Å². The number of nitrogens with two attached hydrogens (primary N) is 1. The van der Waals surface area contributed by atoms with Gasteiger partial charge in [-0.2, -0.15) is 0 Å². The van der Waals surface area contributed by atoms with E-state index in [2.05, 4.69) is 0 Å². The van der Waals surface area contributed by atoms with Crippen LogP contribution in [-0.2, 0) is 14.8 Å². The monoisotopic (exact) mass is 285 g/mol. The Hall–Kier alpha value is -1.60. The van der Waals surface area contributed by atoms with E-state index in [0.717, 1.165) is 0 Å². The number of rotatable bonds is 7. The molecule has 1 rings (SSSR count). The number of benzene rings is 1. The van der Waals surface area contributed by atoms with Crippen LogP contribution < -0.4 is 10.0 Å².